The Balaban J connectivity index is 0.00000392. The third-order valence-corrected chi connectivity index (χ3v) is 4.03. The first-order valence-corrected chi connectivity index (χ1v) is 8.92. The first-order valence-electron chi connectivity index (χ1n) is 8.92. The normalized spacial score (nSPS) is 14.5. The van der Waals surface area contributed by atoms with Crippen LogP contribution in [0, 0.1) is 0 Å². The van der Waals surface area contributed by atoms with Crippen LogP contribution >= 0.6 is 24.0 Å². The lowest BCUT2D eigenvalue weighted by atomic mass is 10.1. The van der Waals surface area contributed by atoms with E-state index in [4.69, 9.17) is 14.2 Å². The summed E-state index contributed by atoms with van der Waals surface area (Å²) in [6, 6.07) is 5.87. The number of amides is 1. The largest absolute Gasteiger partial charge is 0.493 e. The van der Waals surface area contributed by atoms with E-state index in [0.717, 1.165) is 5.56 Å². The lowest BCUT2D eigenvalue weighted by molar-refractivity contribution is 0.00701. The Bertz CT molecular complexity index is 685. The van der Waals surface area contributed by atoms with Crippen molar-refractivity contribution < 1.29 is 19.0 Å². The second kappa shape index (κ2) is 10.6. The summed E-state index contributed by atoms with van der Waals surface area (Å²) in [7, 11) is 4.94. The zero-order chi connectivity index (χ0) is 20.0. The van der Waals surface area contributed by atoms with E-state index in [9.17, 15) is 4.79 Å². The quantitative estimate of drug-likeness (QED) is 0.363. The van der Waals surface area contributed by atoms with Crippen LogP contribution in [0.15, 0.2) is 23.2 Å². The van der Waals surface area contributed by atoms with Gasteiger partial charge in [-0.3, -0.25) is 4.99 Å². The van der Waals surface area contributed by atoms with E-state index < -0.39 is 5.60 Å². The van der Waals surface area contributed by atoms with Crippen LogP contribution in [-0.2, 0) is 11.3 Å². The monoisotopic (exact) mass is 506 g/mol. The number of nitrogens with zero attached hydrogens (tertiary/aromatic N) is 2. The maximum Gasteiger partial charge on any atom is 0.410 e. The minimum atomic E-state index is -0.483. The van der Waals surface area contributed by atoms with E-state index in [1.54, 1.807) is 26.2 Å². The van der Waals surface area contributed by atoms with Crippen LogP contribution in [0.5, 0.6) is 11.5 Å². The number of ether oxygens (including phenoxy) is 3. The van der Waals surface area contributed by atoms with Gasteiger partial charge in [-0.05, 0) is 26.8 Å². The van der Waals surface area contributed by atoms with Gasteiger partial charge in [-0.25, -0.2) is 4.79 Å². The highest BCUT2D eigenvalue weighted by Crippen LogP contribution is 2.30. The molecule has 9 heteroatoms. The number of halogens is 1. The first kappa shape index (κ1) is 24.1. The van der Waals surface area contributed by atoms with E-state index in [0.29, 0.717) is 37.1 Å². The third kappa shape index (κ3) is 6.61. The molecule has 2 rings (SSSR count). The van der Waals surface area contributed by atoms with Gasteiger partial charge in [0.15, 0.2) is 17.5 Å². The summed E-state index contributed by atoms with van der Waals surface area (Å²) >= 11 is 0. The molecule has 1 aliphatic heterocycles. The number of hydrogen-bond donors (Lipinski definition) is 2. The summed E-state index contributed by atoms with van der Waals surface area (Å²) in [5, 5.41) is 6.57. The second-order valence-electron chi connectivity index (χ2n) is 7.30. The number of carbonyl (C=O) groups is 1. The van der Waals surface area contributed by atoms with E-state index in [1.165, 1.54) is 0 Å². The molecule has 2 N–H and O–H groups in total. The first-order chi connectivity index (χ1) is 12.8. The smallest absolute Gasteiger partial charge is 0.410 e. The number of methoxy groups -OCH3 is 2. The van der Waals surface area contributed by atoms with Gasteiger partial charge in [-0.1, -0.05) is 12.1 Å². The van der Waals surface area contributed by atoms with Crippen molar-refractivity contribution in [2.24, 2.45) is 4.99 Å². The molecule has 0 bridgehead atoms. The van der Waals surface area contributed by atoms with Crippen molar-refractivity contribution in [3.63, 3.8) is 0 Å². The van der Waals surface area contributed by atoms with Crippen molar-refractivity contribution in [2.45, 2.75) is 39.0 Å². The van der Waals surface area contributed by atoms with E-state index in [-0.39, 0.29) is 36.1 Å². The number of guanidine groups is 1. The fourth-order valence-electron chi connectivity index (χ4n) is 2.71. The summed E-state index contributed by atoms with van der Waals surface area (Å²) in [5.74, 6) is 2.04. The molecule has 0 atom stereocenters. The molecular formula is C19H31IN4O4. The highest BCUT2D eigenvalue weighted by atomic mass is 127. The van der Waals surface area contributed by atoms with Gasteiger partial charge < -0.3 is 29.7 Å². The van der Waals surface area contributed by atoms with Crippen molar-refractivity contribution >= 4 is 36.0 Å². The summed E-state index contributed by atoms with van der Waals surface area (Å²) in [5.41, 5.74) is 0.479. The van der Waals surface area contributed by atoms with E-state index >= 15 is 0 Å². The Labute approximate surface area is 184 Å². The lowest BCUT2D eigenvalue weighted by Crippen LogP contribution is -2.63. The number of rotatable bonds is 5. The highest BCUT2D eigenvalue weighted by molar-refractivity contribution is 14.0. The molecule has 1 aromatic carbocycles. The summed E-state index contributed by atoms with van der Waals surface area (Å²) in [4.78, 5) is 17.9. The van der Waals surface area contributed by atoms with Crippen LogP contribution in [0.4, 0.5) is 4.79 Å². The molecule has 0 spiro atoms. The molecule has 1 aliphatic rings. The Morgan fingerprint density at radius 2 is 1.93 bits per heavy atom. The lowest BCUT2D eigenvalue weighted by Gasteiger charge is -2.40. The predicted octanol–water partition coefficient (Wildman–Crippen LogP) is 2.61. The molecule has 1 amide bonds. The summed E-state index contributed by atoms with van der Waals surface area (Å²) < 4.78 is 16.1. The van der Waals surface area contributed by atoms with E-state index in [1.807, 2.05) is 39.0 Å². The van der Waals surface area contributed by atoms with Crippen molar-refractivity contribution in [1.29, 1.82) is 0 Å². The molecule has 0 unspecified atom stereocenters. The fourth-order valence-corrected chi connectivity index (χ4v) is 2.71. The highest BCUT2D eigenvalue weighted by Gasteiger charge is 2.34. The van der Waals surface area contributed by atoms with Crippen molar-refractivity contribution in [2.75, 3.05) is 34.4 Å². The van der Waals surface area contributed by atoms with E-state index in [2.05, 4.69) is 15.6 Å². The molecule has 0 saturated carbocycles. The molecule has 0 aromatic heterocycles. The predicted molar refractivity (Wildman–Crippen MR) is 120 cm³/mol. The average Bonchev–Trinajstić information content (AvgIpc) is 2.57. The molecular weight excluding hydrogens is 475 g/mol. The second-order valence-corrected chi connectivity index (χ2v) is 7.30. The number of nitrogens with one attached hydrogen (secondary N) is 2. The molecule has 1 saturated heterocycles. The molecule has 1 heterocycles. The standard InChI is InChI=1S/C19H30N4O4.HI/c1-19(2,3)27-18(24)23-11-14(12-23)22-17(20-4)21-10-13-8-7-9-15(25-5)16(13)26-6;/h7-9,14H,10-12H2,1-6H3,(H2,20,21,22);1H. The van der Waals surface area contributed by atoms with Crippen molar-refractivity contribution in [3.05, 3.63) is 23.8 Å². The number of benzene rings is 1. The fraction of sp³-hybridized carbons (Fsp3) is 0.579. The molecule has 28 heavy (non-hydrogen) atoms. The molecule has 1 aromatic rings. The number of carbonyl (C=O) groups excluding carboxylic acids is 1. The Morgan fingerprint density at radius 3 is 2.46 bits per heavy atom. The minimum Gasteiger partial charge on any atom is -0.493 e. The van der Waals surface area contributed by atoms with Gasteiger partial charge in [-0.15, -0.1) is 24.0 Å². The topological polar surface area (TPSA) is 84.4 Å². The molecule has 158 valence electrons. The third-order valence-electron chi connectivity index (χ3n) is 4.03. The number of likely N-dealkylation sites (tertiary alicyclic amines) is 1. The molecule has 0 radical (unpaired) electrons. The number of para-hydroxylation sites is 1. The van der Waals surface area contributed by atoms with Crippen LogP contribution in [-0.4, -0.2) is 63.0 Å². The molecule has 8 nitrogen and oxygen atoms in total. The van der Waals surface area contributed by atoms with Crippen LogP contribution in [0.25, 0.3) is 0 Å². The Kier molecular flexibility index (Phi) is 9.12. The zero-order valence-electron chi connectivity index (χ0n) is 17.4. The minimum absolute atomic E-state index is 0. The Morgan fingerprint density at radius 1 is 1.25 bits per heavy atom. The van der Waals surface area contributed by atoms with Crippen LogP contribution in [0.1, 0.15) is 26.3 Å². The van der Waals surface area contributed by atoms with Gasteiger partial charge in [0.05, 0.1) is 20.3 Å². The van der Waals surface area contributed by atoms with Gasteiger partial charge in [0.2, 0.25) is 0 Å². The maximum absolute atomic E-state index is 12.0. The van der Waals surface area contributed by atoms with Crippen LogP contribution in [0.2, 0.25) is 0 Å². The molecule has 1 fully saturated rings. The van der Waals surface area contributed by atoms with Crippen molar-refractivity contribution in [1.82, 2.24) is 15.5 Å². The summed E-state index contributed by atoms with van der Waals surface area (Å²) in [6.45, 7) is 7.27. The van der Waals surface area contributed by atoms with Gasteiger partial charge in [0.1, 0.15) is 5.60 Å². The van der Waals surface area contributed by atoms with Gasteiger partial charge in [0, 0.05) is 32.2 Å². The number of hydrogen-bond acceptors (Lipinski definition) is 5. The SMILES string of the molecule is CN=C(NCc1cccc(OC)c1OC)NC1CN(C(=O)OC(C)(C)C)C1.I. The zero-order valence-corrected chi connectivity index (χ0v) is 19.7. The maximum atomic E-state index is 12.0. The van der Waals surface area contributed by atoms with Crippen LogP contribution < -0.4 is 20.1 Å². The van der Waals surface area contributed by atoms with Crippen LogP contribution in [0.3, 0.4) is 0 Å². The van der Waals surface area contributed by atoms with Crippen molar-refractivity contribution in [3.8, 4) is 11.5 Å². The average molecular weight is 506 g/mol. The molecule has 0 aliphatic carbocycles. The number of aliphatic imine (C=N–C) groups is 1. The van der Waals surface area contributed by atoms with Gasteiger partial charge in [-0.2, -0.15) is 0 Å². The Hall–Kier alpha value is -1.91. The van der Waals surface area contributed by atoms with Gasteiger partial charge >= 0.3 is 6.09 Å². The summed E-state index contributed by atoms with van der Waals surface area (Å²) in [6.07, 6.45) is -0.287. The van der Waals surface area contributed by atoms with Gasteiger partial charge in [0.25, 0.3) is 0 Å².